The third kappa shape index (κ3) is 8.12. The average molecular weight is 503 g/mol. The third-order valence-corrected chi connectivity index (χ3v) is 4.53. The Labute approximate surface area is 181 Å². The minimum atomic E-state index is -0.132. The number of ether oxygens (including phenoxy) is 1. The molecule has 7 nitrogen and oxygen atoms in total. The lowest BCUT2D eigenvalue weighted by atomic mass is 10.2. The van der Waals surface area contributed by atoms with Crippen molar-refractivity contribution in [1.29, 1.82) is 0 Å². The van der Waals surface area contributed by atoms with Gasteiger partial charge in [0.2, 0.25) is 0 Å². The summed E-state index contributed by atoms with van der Waals surface area (Å²) < 4.78 is 5.13. The summed E-state index contributed by atoms with van der Waals surface area (Å²) in [6.45, 7) is 3.87. The van der Waals surface area contributed by atoms with Gasteiger partial charge in [-0.25, -0.2) is 4.98 Å². The summed E-state index contributed by atoms with van der Waals surface area (Å²) in [5, 5.41) is 10.4. The summed E-state index contributed by atoms with van der Waals surface area (Å²) in [5.41, 5.74) is 0.575. The molecule has 0 atom stereocenters. The number of nitrogens with one attached hydrogen (secondary N) is 3. The fourth-order valence-electron chi connectivity index (χ4n) is 2.25. The molecule has 0 bridgehead atoms. The van der Waals surface area contributed by atoms with Crippen molar-refractivity contribution >= 4 is 47.2 Å². The number of rotatable bonds is 8. The van der Waals surface area contributed by atoms with Crippen molar-refractivity contribution in [2.45, 2.75) is 13.3 Å². The Hall–Kier alpha value is -1.88. The van der Waals surface area contributed by atoms with Crippen LogP contribution >= 0.6 is 35.3 Å². The molecule has 27 heavy (non-hydrogen) atoms. The van der Waals surface area contributed by atoms with Crippen molar-refractivity contribution in [3.8, 4) is 5.75 Å². The molecule has 0 aliphatic heterocycles. The van der Waals surface area contributed by atoms with Crippen LogP contribution in [0, 0.1) is 6.92 Å². The second-order valence-electron chi connectivity index (χ2n) is 5.53. The van der Waals surface area contributed by atoms with E-state index < -0.39 is 0 Å². The van der Waals surface area contributed by atoms with E-state index in [0.29, 0.717) is 30.4 Å². The first-order valence-corrected chi connectivity index (χ1v) is 9.22. The molecule has 0 saturated heterocycles. The number of thiazole rings is 1. The molecule has 0 radical (unpaired) electrons. The molecule has 0 unspecified atom stereocenters. The van der Waals surface area contributed by atoms with Gasteiger partial charge in [-0.1, -0.05) is 6.07 Å². The number of halogens is 1. The van der Waals surface area contributed by atoms with Crippen LogP contribution in [0.15, 0.2) is 35.5 Å². The SMILES string of the molecule is CN=C(NCCNC(=O)c1cccc(OC)c1)NCCc1ncc(C)s1.I. The maximum atomic E-state index is 12.1. The molecule has 0 saturated carbocycles. The van der Waals surface area contributed by atoms with Crippen molar-refractivity contribution in [2.24, 2.45) is 4.99 Å². The number of hydrogen-bond acceptors (Lipinski definition) is 5. The monoisotopic (exact) mass is 503 g/mol. The van der Waals surface area contributed by atoms with E-state index in [-0.39, 0.29) is 29.9 Å². The normalized spacial score (nSPS) is 10.7. The molecule has 0 fully saturated rings. The lowest BCUT2D eigenvalue weighted by Crippen LogP contribution is -2.42. The minimum absolute atomic E-state index is 0. The molecule has 148 valence electrons. The van der Waals surface area contributed by atoms with Gasteiger partial charge in [0, 0.05) is 49.7 Å². The topological polar surface area (TPSA) is 87.6 Å². The van der Waals surface area contributed by atoms with Gasteiger partial charge >= 0.3 is 0 Å². The summed E-state index contributed by atoms with van der Waals surface area (Å²) in [5.74, 6) is 1.23. The highest BCUT2D eigenvalue weighted by Crippen LogP contribution is 2.12. The molecule has 1 aromatic carbocycles. The van der Waals surface area contributed by atoms with Crippen molar-refractivity contribution in [2.75, 3.05) is 33.8 Å². The molecular weight excluding hydrogens is 477 g/mol. The highest BCUT2D eigenvalue weighted by molar-refractivity contribution is 14.0. The number of nitrogens with zero attached hydrogens (tertiary/aromatic N) is 2. The number of benzene rings is 1. The van der Waals surface area contributed by atoms with Crippen LogP contribution < -0.4 is 20.7 Å². The molecule has 0 aliphatic carbocycles. The van der Waals surface area contributed by atoms with Gasteiger partial charge in [-0.2, -0.15) is 0 Å². The van der Waals surface area contributed by atoms with Crippen LogP contribution in [0.4, 0.5) is 0 Å². The molecule has 2 aromatic rings. The molecule has 1 aromatic heterocycles. The van der Waals surface area contributed by atoms with Crippen LogP contribution in [-0.4, -0.2) is 50.6 Å². The van der Waals surface area contributed by atoms with Gasteiger partial charge in [0.25, 0.3) is 5.91 Å². The number of carbonyl (C=O) groups is 1. The first-order chi connectivity index (χ1) is 12.6. The van der Waals surface area contributed by atoms with Crippen LogP contribution in [0.5, 0.6) is 5.75 Å². The highest BCUT2D eigenvalue weighted by atomic mass is 127. The Kier molecular flexibility index (Phi) is 10.7. The Balaban J connectivity index is 0.00000364. The first kappa shape index (κ1) is 23.2. The van der Waals surface area contributed by atoms with E-state index in [2.05, 4.69) is 32.9 Å². The van der Waals surface area contributed by atoms with Gasteiger partial charge in [-0.15, -0.1) is 35.3 Å². The van der Waals surface area contributed by atoms with E-state index in [1.807, 2.05) is 6.20 Å². The number of aryl methyl sites for hydroxylation is 1. The van der Waals surface area contributed by atoms with E-state index in [9.17, 15) is 4.79 Å². The van der Waals surface area contributed by atoms with Crippen molar-refractivity contribution < 1.29 is 9.53 Å². The minimum Gasteiger partial charge on any atom is -0.497 e. The highest BCUT2D eigenvalue weighted by Gasteiger charge is 2.06. The maximum Gasteiger partial charge on any atom is 0.251 e. The Morgan fingerprint density at radius 3 is 2.63 bits per heavy atom. The summed E-state index contributed by atoms with van der Waals surface area (Å²) in [6, 6.07) is 7.07. The van der Waals surface area contributed by atoms with E-state index in [0.717, 1.165) is 18.0 Å². The number of carbonyl (C=O) groups excluding carboxylic acids is 1. The Morgan fingerprint density at radius 1 is 1.22 bits per heavy atom. The second-order valence-corrected chi connectivity index (χ2v) is 6.85. The predicted molar refractivity (Wildman–Crippen MR) is 121 cm³/mol. The summed E-state index contributed by atoms with van der Waals surface area (Å²) in [4.78, 5) is 21.8. The number of hydrogen-bond donors (Lipinski definition) is 3. The van der Waals surface area contributed by atoms with Gasteiger partial charge in [0.05, 0.1) is 12.1 Å². The maximum absolute atomic E-state index is 12.1. The standard InChI is InChI=1S/C18H25N5O2S.HI/c1-13-12-23-16(26-13)7-8-21-18(19-2)22-10-9-20-17(24)14-5-4-6-15(11-14)25-3;/h4-6,11-12H,7-10H2,1-3H3,(H,20,24)(H2,19,21,22);1H. The fraction of sp³-hybridized carbons (Fsp3) is 0.389. The second kappa shape index (κ2) is 12.5. The summed E-state index contributed by atoms with van der Waals surface area (Å²) in [6.07, 6.45) is 2.74. The van der Waals surface area contributed by atoms with E-state index in [4.69, 9.17) is 4.74 Å². The van der Waals surface area contributed by atoms with Gasteiger partial charge in [0.1, 0.15) is 5.75 Å². The van der Waals surface area contributed by atoms with E-state index in [1.54, 1.807) is 49.8 Å². The van der Waals surface area contributed by atoms with Gasteiger partial charge < -0.3 is 20.7 Å². The quantitative estimate of drug-likeness (QED) is 0.223. The molecule has 0 spiro atoms. The lowest BCUT2D eigenvalue weighted by Gasteiger charge is -2.12. The van der Waals surface area contributed by atoms with Crippen molar-refractivity contribution in [3.63, 3.8) is 0 Å². The number of aliphatic imine (C=N–C) groups is 1. The molecular formula is C18H26IN5O2S. The zero-order valence-corrected chi connectivity index (χ0v) is 18.9. The van der Waals surface area contributed by atoms with E-state index >= 15 is 0 Å². The van der Waals surface area contributed by atoms with Crippen LogP contribution in [0.1, 0.15) is 20.2 Å². The fourth-order valence-corrected chi connectivity index (χ4v) is 3.04. The zero-order chi connectivity index (χ0) is 18.8. The van der Waals surface area contributed by atoms with Crippen LogP contribution in [0.2, 0.25) is 0 Å². The molecule has 2 rings (SSSR count). The van der Waals surface area contributed by atoms with Gasteiger partial charge in [-0.05, 0) is 25.1 Å². The lowest BCUT2D eigenvalue weighted by molar-refractivity contribution is 0.0954. The zero-order valence-electron chi connectivity index (χ0n) is 15.7. The Bertz CT molecular complexity index is 751. The molecule has 9 heteroatoms. The smallest absolute Gasteiger partial charge is 0.251 e. The number of aromatic nitrogens is 1. The van der Waals surface area contributed by atoms with Crippen molar-refractivity contribution in [1.82, 2.24) is 20.9 Å². The number of amides is 1. The van der Waals surface area contributed by atoms with Crippen molar-refractivity contribution in [3.05, 3.63) is 45.9 Å². The Morgan fingerprint density at radius 2 is 1.96 bits per heavy atom. The van der Waals surface area contributed by atoms with Gasteiger partial charge in [-0.3, -0.25) is 9.79 Å². The third-order valence-electron chi connectivity index (χ3n) is 3.56. The molecule has 3 N–H and O–H groups in total. The molecule has 0 aliphatic rings. The van der Waals surface area contributed by atoms with E-state index in [1.165, 1.54) is 4.88 Å². The van der Waals surface area contributed by atoms with Crippen LogP contribution in [0.3, 0.4) is 0 Å². The number of guanidine groups is 1. The molecule has 1 heterocycles. The molecule has 1 amide bonds. The summed E-state index contributed by atoms with van der Waals surface area (Å²) >= 11 is 1.70. The average Bonchev–Trinajstić information content (AvgIpc) is 3.08. The van der Waals surface area contributed by atoms with Gasteiger partial charge in [0.15, 0.2) is 5.96 Å². The predicted octanol–water partition coefficient (Wildman–Crippen LogP) is 2.22. The number of methoxy groups -OCH3 is 1. The first-order valence-electron chi connectivity index (χ1n) is 8.40. The van der Waals surface area contributed by atoms with Crippen LogP contribution in [0.25, 0.3) is 0 Å². The summed E-state index contributed by atoms with van der Waals surface area (Å²) in [7, 11) is 3.30. The largest absolute Gasteiger partial charge is 0.497 e. The van der Waals surface area contributed by atoms with Crippen LogP contribution in [-0.2, 0) is 6.42 Å².